The number of anilines is 1. The normalized spacial score (nSPS) is 12.4. The number of amides is 2. The molecule has 0 spiro atoms. The van der Waals surface area contributed by atoms with Crippen molar-refractivity contribution in [2.75, 3.05) is 11.5 Å². The van der Waals surface area contributed by atoms with E-state index in [-0.39, 0.29) is 27.3 Å². The molecule has 1 rings (SSSR count). The van der Waals surface area contributed by atoms with Crippen LogP contribution in [0.25, 0.3) is 5.57 Å². The number of thiazole rings is 1. The lowest BCUT2D eigenvalue weighted by molar-refractivity contribution is -0.136. The van der Waals surface area contributed by atoms with Crippen LogP contribution in [0.15, 0.2) is 6.08 Å². The maximum atomic E-state index is 12.7. The Balaban J connectivity index is 3.41. The lowest BCUT2D eigenvalue weighted by atomic mass is 10.2. The fraction of sp³-hybridized carbons (Fsp3) is 0.579. The van der Waals surface area contributed by atoms with Gasteiger partial charge in [0, 0.05) is 0 Å². The number of carbonyl (C=O) groups excluding carboxylic acids is 3. The van der Waals surface area contributed by atoms with Crippen LogP contribution in [0.1, 0.15) is 61.1 Å². The van der Waals surface area contributed by atoms with Gasteiger partial charge in [-0.3, -0.25) is 0 Å². The van der Waals surface area contributed by atoms with Crippen molar-refractivity contribution in [1.82, 2.24) is 4.98 Å². The zero-order valence-electron chi connectivity index (χ0n) is 17.9. The summed E-state index contributed by atoms with van der Waals surface area (Å²) in [5.41, 5.74) is -1.50. The molecule has 29 heavy (non-hydrogen) atoms. The van der Waals surface area contributed by atoms with E-state index in [4.69, 9.17) is 25.8 Å². The molecule has 2 amide bonds. The number of aromatic nitrogens is 1. The molecule has 0 saturated carbocycles. The molecule has 0 unspecified atom stereocenters. The van der Waals surface area contributed by atoms with Gasteiger partial charge in [-0.2, -0.15) is 4.90 Å². The second kappa shape index (κ2) is 9.58. The Bertz CT molecular complexity index is 777. The number of carbonyl (C=O) groups is 3. The molecule has 0 aliphatic rings. The third-order valence-corrected chi connectivity index (χ3v) is 4.20. The van der Waals surface area contributed by atoms with Crippen LogP contribution in [-0.4, -0.2) is 40.9 Å². The predicted octanol–water partition coefficient (Wildman–Crippen LogP) is 5.44. The number of allylic oxidation sites excluding steroid dienone is 1. The zero-order valence-corrected chi connectivity index (χ0v) is 19.5. The Morgan fingerprint density at radius 1 is 1.07 bits per heavy atom. The third-order valence-electron chi connectivity index (χ3n) is 2.96. The Kier molecular flexibility index (Phi) is 8.23. The van der Waals surface area contributed by atoms with Gasteiger partial charge in [-0.15, -0.1) is 0 Å². The van der Waals surface area contributed by atoms with Crippen molar-refractivity contribution in [3.05, 3.63) is 16.1 Å². The first-order valence-corrected chi connectivity index (χ1v) is 10.2. The molecule has 0 aromatic carbocycles. The lowest BCUT2D eigenvalue weighted by Gasteiger charge is -2.27. The largest absolute Gasteiger partial charge is 0.462 e. The molecule has 0 aliphatic heterocycles. The molecule has 0 atom stereocenters. The topological polar surface area (TPSA) is 95.0 Å². The Morgan fingerprint density at radius 3 is 1.93 bits per heavy atom. The Morgan fingerprint density at radius 2 is 1.55 bits per heavy atom. The van der Waals surface area contributed by atoms with Crippen LogP contribution in [-0.2, 0) is 19.0 Å². The highest BCUT2D eigenvalue weighted by molar-refractivity contribution is 7.20. The summed E-state index contributed by atoms with van der Waals surface area (Å²) in [6, 6.07) is 0. The van der Waals surface area contributed by atoms with E-state index >= 15 is 0 Å². The molecule has 0 radical (unpaired) electrons. The quantitative estimate of drug-likeness (QED) is 0.345. The standard InChI is InChI=1S/C19H27ClN2O6S/c1-9-11(14(23)26-10-2)12-13(20)29-15(21-12)22(16(24)27-18(3,4)5)17(25)28-19(6,7)8/h9H,10H2,1-8H3/b11-9-. The van der Waals surface area contributed by atoms with Crippen LogP contribution in [0.4, 0.5) is 14.7 Å². The number of hydrogen-bond donors (Lipinski definition) is 0. The highest BCUT2D eigenvalue weighted by Gasteiger charge is 2.36. The van der Waals surface area contributed by atoms with Crippen LogP contribution >= 0.6 is 22.9 Å². The molecule has 1 aromatic rings. The van der Waals surface area contributed by atoms with E-state index < -0.39 is 29.4 Å². The summed E-state index contributed by atoms with van der Waals surface area (Å²) in [7, 11) is 0. The average Bonchev–Trinajstić information content (AvgIpc) is 2.86. The van der Waals surface area contributed by atoms with E-state index in [0.29, 0.717) is 4.90 Å². The zero-order chi connectivity index (χ0) is 22.6. The van der Waals surface area contributed by atoms with Gasteiger partial charge >= 0.3 is 18.2 Å². The van der Waals surface area contributed by atoms with Crippen LogP contribution in [0.2, 0.25) is 4.34 Å². The van der Waals surface area contributed by atoms with Crippen molar-refractivity contribution in [2.45, 2.75) is 66.6 Å². The van der Waals surface area contributed by atoms with Crippen LogP contribution in [0, 0.1) is 0 Å². The SMILES string of the molecule is C/C=C(\C(=O)OCC)c1nc(N(C(=O)OC(C)(C)C)C(=O)OC(C)(C)C)sc1Cl. The van der Waals surface area contributed by atoms with Crippen molar-refractivity contribution in [3.8, 4) is 0 Å². The first-order valence-electron chi connectivity index (χ1n) is 8.96. The molecule has 0 saturated heterocycles. The van der Waals surface area contributed by atoms with Gasteiger partial charge < -0.3 is 14.2 Å². The molecule has 0 N–H and O–H groups in total. The number of ether oxygens (including phenoxy) is 3. The first-order chi connectivity index (χ1) is 13.2. The summed E-state index contributed by atoms with van der Waals surface area (Å²) >= 11 is 7.10. The molecule has 162 valence electrons. The molecule has 0 bridgehead atoms. The summed E-state index contributed by atoms with van der Waals surface area (Å²) in [6.07, 6.45) is -0.447. The molecule has 0 fully saturated rings. The first kappa shape index (κ1) is 24.9. The smallest absolute Gasteiger partial charge is 0.426 e. The molecule has 10 heteroatoms. The summed E-state index contributed by atoms with van der Waals surface area (Å²) in [4.78, 5) is 42.5. The second-order valence-electron chi connectivity index (χ2n) is 7.84. The van der Waals surface area contributed by atoms with E-state index in [1.165, 1.54) is 6.08 Å². The van der Waals surface area contributed by atoms with Crippen molar-refractivity contribution in [2.24, 2.45) is 0 Å². The van der Waals surface area contributed by atoms with E-state index in [1.54, 1.807) is 55.4 Å². The molecule has 1 aromatic heterocycles. The summed E-state index contributed by atoms with van der Waals surface area (Å²) in [5.74, 6) is -0.616. The number of rotatable bonds is 4. The van der Waals surface area contributed by atoms with Gasteiger partial charge in [-0.1, -0.05) is 29.0 Å². The summed E-state index contributed by atoms with van der Waals surface area (Å²) in [5, 5.41) is -0.0860. The highest BCUT2D eigenvalue weighted by atomic mass is 35.5. The van der Waals surface area contributed by atoms with E-state index in [0.717, 1.165) is 11.3 Å². The Labute approximate surface area is 179 Å². The van der Waals surface area contributed by atoms with Gasteiger partial charge in [0.05, 0.1) is 12.2 Å². The second-order valence-corrected chi connectivity index (χ2v) is 9.42. The van der Waals surface area contributed by atoms with Gasteiger partial charge in [0.25, 0.3) is 0 Å². The number of imide groups is 1. The molecule has 1 heterocycles. The van der Waals surface area contributed by atoms with Crippen LogP contribution in [0.3, 0.4) is 0 Å². The van der Waals surface area contributed by atoms with Gasteiger partial charge in [0.2, 0.25) is 5.13 Å². The summed E-state index contributed by atoms with van der Waals surface area (Å²) in [6.45, 7) is 13.5. The summed E-state index contributed by atoms with van der Waals surface area (Å²) < 4.78 is 15.7. The molecular formula is C19H27ClN2O6S. The predicted molar refractivity (Wildman–Crippen MR) is 112 cm³/mol. The van der Waals surface area contributed by atoms with Crippen molar-refractivity contribution < 1.29 is 28.6 Å². The van der Waals surface area contributed by atoms with Crippen molar-refractivity contribution in [3.63, 3.8) is 0 Å². The van der Waals surface area contributed by atoms with Gasteiger partial charge in [0.15, 0.2) is 0 Å². The van der Waals surface area contributed by atoms with Gasteiger partial charge in [0.1, 0.15) is 21.2 Å². The number of halogens is 1. The van der Waals surface area contributed by atoms with Gasteiger partial charge in [-0.05, 0) is 55.4 Å². The van der Waals surface area contributed by atoms with Crippen LogP contribution < -0.4 is 4.90 Å². The van der Waals surface area contributed by atoms with Crippen molar-refractivity contribution in [1.29, 1.82) is 0 Å². The lowest BCUT2D eigenvalue weighted by Crippen LogP contribution is -2.43. The van der Waals surface area contributed by atoms with E-state index in [1.807, 2.05) is 0 Å². The fourth-order valence-electron chi connectivity index (χ4n) is 1.96. The number of hydrogen-bond acceptors (Lipinski definition) is 8. The Hall–Kier alpha value is -2.13. The van der Waals surface area contributed by atoms with Crippen molar-refractivity contribution >= 4 is 51.8 Å². The van der Waals surface area contributed by atoms with Gasteiger partial charge in [-0.25, -0.2) is 19.4 Å². The maximum absolute atomic E-state index is 12.7. The minimum absolute atomic E-state index is 0.0860. The average molecular weight is 447 g/mol. The number of nitrogens with zero attached hydrogens (tertiary/aromatic N) is 2. The molecule has 8 nitrogen and oxygen atoms in total. The molecular weight excluding hydrogens is 420 g/mol. The highest BCUT2D eigenvalue weighted by Crippen LogP contribution is 2.36. The monoisotopic (exact) mass is 446 g/mol. The molecule has 0 aliphatic carbocycles. The number of esters is 1. The van der Waals surface area contributed by atoms with Crippen LogP contribution in [0.5, 0.6) is 0 Å². The van der Waals surface area contributed by atoms with E-state index in [9.17, 15) is 14.4 Å². The fourth-order valence-corrected chi connectivity index (χ4v) is 3.10. The minimum Gasteiger partial charge on any atom is -0.462 e. The minimum atomic E-state index is -0.970. The third kappa shape index (κ3) is 7.32. The van der Waals surface area contributed by atoms with E-state index in [2.05, 4.69) is 4.98 Å². The maximum Gasteiger partial charge on any atom is 0.426 e.